The molecule has 1 N–H and O–H groups in total. The van der Waals surface area contributed by atoms with Gasteiger partial charge in [-0.25, -0.2) is 0 Å². The number of carbonyl (C=O) groups excluding carboxylic acids is 1. The van der Waals surface area contributed by atoms with E-state index in [0.29, 0.717) is 6.04 Å². The number of carbonyl (C=O) groups is 1. The van der Waals surface area contributed by atoms with Gasteiger partial charge in [-0.3, -0.25) is 4.79 Å². The zero-order chi connectivity index (χ0) is 13.9. The highest BCUT2D eigenvalue weighted by Gasteiger charge is 2.30. The largest absolute Gasteiger partial charge is 0.373 e. The van der Waals surface area contributed by atoms with Crippen LogP contribution in [0.3, 0.4) is 0 Å². The van der Waals surface area contributed by atoms with Gasteiger partial charge >= 0.3 is 0 Å². The maximum atomic E-state index is 12.7. The van der Waals surface area contributed by atoms with Crippen LogP contribution >= 0.6 is 0 Å². The van der Waals surface area contributed by atoms with Gasteiger partial charge in [-0.05, 0) is 37.3 Å². The van der Waals surface area contributed by atoms with E-state index < -0.39 is 0 Å². The fourth-order valence-corrected chi connectivity index (χ4v) is 3.52. The second-order valence-corrected chi connectivity index (χ2v) is 6.13. The highest BCUT2D eigenvalue weighted by Crippen LogP contribution is 2.27. The maximum Gasteiger partial charge on any atom is 0.245 e. The molecular weight excluding hydrogens is 248 g/mol. The number of hydrogen-bond donors (Lipinski definition) is 1. The molecule has 1 saturated carbocycles. The van der Waals surface area contributed by atoms with Crippen molar-refractivity contribution in [2.45, 2.75) is 57.0 Å². The zero-order valence-corrected chi connectivity index (χ0v) is 12.3. The number of rotatable bonds is 2. The van der Waals surface area contributed by atoms with E-state index in [4.69, 9.17) is 0 Å². The molecule has 0 saturated heterocycles. The number of anilines is 1. The number of amides is 1. The minimum Gasteiger partial charge on any atom is -0.373 e. The molecule has 1 aromatic rings. The molecule has 108 valence electrons. The highest BCUT2D eigenvalue weighted by atomic mass is 16.2. The molecule has 1 unspecified atom stereocenters. The molecular formula is C17H24N2O. The summed E-state index contributed by atoms with van der Waals surface area (Å²) in [7, 11) is 1.99. The van der Waals surface area contributed by atoms with Crippen molar-refractivity contribution in [2.75, 3.05) is 12.4 Å². The number of benzene rings is 1. The van der Waals surface area contributed by atoms with Crippen LogP contribution in [0.4, 0.5) is 5.69 Å². The standard InChI is InChI=1S/C17H24N2O/c1-19(14-8-3-2-4-9-14)17(20)16-12-11-13-7-5-6-10-15(13)18-16/h5-7,10,14,16,18H,2-4,8-9,11-12H2,1H3. The minimum absolute atomic E-state index is 0.0446. The summed E-state index contributed by atoms with van der Waals surface area (Å²) in [5.41, 5.74) is 2.46. The molecule has 2 aliphatic rings. The number of para-hydroxylation sites is 1. The quantitative estimate of drug-likeness (QED) is 0.896. The Hall–Kier alpha value is -1.51. The first-order valence-electron chi connectivity index (χ1n) is 7.87. The molecule has 3 nitrogen and oxygen atoms in total. The zero-order valence-electron chi connectivity index (χ0n) is 12.3. The Morgan fingerprint density at radius 3 is 2.70 bits per heavy atom. The third kappa shape index (κ3) is 2.67. The van der Waals surface area contributed by atoms with Crippen LogP contribution in [0.2, 0.25) is 0 Å². The molecule has 0 radical (unpaired) electrons. The SMILES string of the molecule is CN(C(=O)C1CCc2ccccc2N1)C1CCCCC1. The van der Waals surface area contributed by atoms with Crippen molar-refractivity contribution in [1.82, 2.24) is 4.90 Å². The first-order valence-corrected chi connectivity index (χ1v) is 7.87. The summed E-state index contributed by atoms with van der Waals surface area (Å²) in [6, 6.07) is 8.73. The van der Waals surface area contributed by atoms with Crippen LogP contribution < -0.4 is 5.32 Å². The molecule has 0 spiro atoms. The number of likely N-dealkylation sites (N-methyl/N-ethyl adjacent to an activating group) is 1. The van der Waals surface area contributed by atoms with Gasteiger partial charge in [0, 0.05) is 18.8 Å². The van der Waals surface area contributed by atoms with Crippen molar-refractivity contribution >= 4 is 11.6 Å². The van der Waals surface area contributed by atoms with Crippen molar-refractivity contribution in [3.8, 4) is 0 Å². The monoisotopic (exact) mass is 272 g/mol. The Labute approximate surface area is 121 Å². The highest BCUT2D eigenvalue weighted by molar-refractivity contribution is 5.85. The lowest BCUT2D eigenvalue weighted by atomic mass is 9.93. The van der Waals surface area contributed by atoms with E-state index >= 15 is 0 Å². The van der Waals surface area contributed by atoms with Crippen molar-refractivity contribution in [1.29, 1.82) is 0 Å². The number of aryl methyl sites for hydroxylation is 1. The van der Waals surface area contributed by atoms with E-state index in [1.54, 1.807) is 0 Å². The van der Waals surface area contributed by atoms with E-state index in [2.05, 4.69) is 23.5 Å². The van der Waals surface area contributed by atoms with Crippen LogP contribution in [0.5, 0.6) is 0 Å². The van der Waals surface area contributed by atoms with E-state index in [1.807, 2.05) is 18.0 Å². The molecule has 1 aliphatic heterocycles. The van der Waals surface area contributed by atoms with Crippen molar-refractivity contribution in [3.05, 3.63) is 29.8 Å². The first kappa shape index (κ1) is 13.5. The molecule has 1 aliphatic carbocycles. The van der Waals surface area contributed by atoms with Crippen LogP contribution in [-0.4, -0.2) is 29.9 Å². The summed E-state index contributed by atoms with van der Waals surface area (Å²) in [5, 5.41) is 3.43. The van der Waals surface area contributed by atoms with Gasteiger partial charge in [-0.1, -0.05) is 37.5 Å². The fourth-order valence-electron chi connectivity index (χ4n) is 3.52. The normalized spacial score (nSPS) is 22.8. The van der Waals surface area contributed by atoms with Gasteiger partial charge in [0.25, 0.3) is 0 Å². The molecule has 1 amide bonds. The van der Waals surface area contributed by atoms with Crippen molar-refractivity contribution < 1.29 is 4.79 Å². The van der Waals surface area contributed by atoms with E-state index in [-0.39, 0.29) is 11.9 Å². The summed E-state index contributed by atoms with van der Waals surface area (Å²) < 4.78 is 0. The van der Waals surface area contributed by atoms with Gasteiger partial charge in [-0.2, -0.15) is 0 Å². The van der Waals surface area contributed by atoms with Crippen molar-refractivity contribution in [2.24, 2.45) is 0 Å². The topological polar surface area (TPSA) is 32.3 Å². The third-order valence-corrected chi connectivity index (χ3v) is 4.82. The summed E-state index contributed by atoms with van der Waals surface area (Å²) in [6.07, 6.45) is 8.11. The Balaban J connectivity index is 1.66. The third-order valence-electron chi connectivity index (χ3n) is 4.82. The van der Waals surface area contributed by atoms with E-state index in [1.165, 1.54) is 37.7 Å². The average Bonchev–Trinajstić information content (AvgIpc) is 2.54. The summed E-state index contributed by atoms with van der Waals surface area (Å²) in [6.45, 7) is 0. The number of nitrogens with one attached hydrogen (secondary N) is 1. The Morgan fingerprint density at radius 1 is 1.15 bits per heavy atom. The van der Waals surface area contributed by atoms with Gasteiger partial charge in [0.15, 0.2) is 0 Å². The molecule has 1 fully saturated rings. The number of fused-ring (bicyclic) bond motifs is 1. The maximum absolute atomic E-state index is 12.7. The van der Waals surface area contributed by atoms with Crippen LogP contribution in [-0.2, 0) is 11.2 Å². The number of nitrogens with zero attached hydrogens (tertiary/aromatic N) is 1. The molecule has 1 heterocycles. The minimum atomic E-state index is -0.0446. The van der Waals surface area contributed by atoms with Gasteiger partial charge < -0.3 is 10.2 Å². The summed E-state index contributed by atoms with van der Waals surface area (Å²) >= 11 is 0. The van der Waals surface area contributed by atoms with E-state index in [0.717, 1.165) is 18.5 Å². The molecule has 0 bridgehead atoms. The van der Waals surface area contributed by atoms with Crippen LogP contribution in [0.25, 0.3) is 0 Å². The van der Waals surface area contributed by atoms with Crippen LogP contribution in [0, 0.1) is 0 Å². The van der Waals surface area contributed by atoms with E-state index in [9.17, 15) is 4.79 Å². The molecule has 3 heteroatoms. The Bertz CT molecular complexity index is 480. The number of hydrogen-bond acceptors (Lipinski definition) is 2. The van der Waals surface area contributed by atoms with Crippen LogP contribution in [0.1, 0.15) is 44.1 Å². The molecule has 1 atom stereocenters. The molecule has 3 rings (SSSR count). The van der Waals surface area contributed by atoms with Gasteiger partial charge in [0.05, 0.1) is 0 Å². The fraction of sp³-hybridized carbons (Fsp3) is 0.588. The van der Waals surface area contributed by atoms with Crippen LogP contribution in [0.15, 0.2) is 24.3 Å². The summed E-state index contributed by atoms with van der Waals surface area (Å²) in [5.74, 6) is 0.270. The lowest BCUT2D eigenvalue weighted by molar-refractivity contribution is -0.133. The Morgan fingerprint density at radius 2 is 1.90 bits per heavy atom. The summed E-state index contributed by atoms with van der Waals surface area (Å²) in [4.78, 5) is 14.7. The lowest BCUT2D eigenvalue weighted by Crippen LogP contribution is -2.47. The molecule has 20 heavy (non-hydrogen) atoms. The predicted octanol–water partition coefficient (Wildman–Crippen LogP) is 3.20. The van der Waals surface area contributed by atoms with Gasteiger partial charge in [0.1, 0.15) is 6.04 Å². The molecule has 0 aromatic heterocycles. The molecule has 1 aromatic carbocycles. The second-order valence-electron chi connectivity index (χ2n) is 6.13. The first-order chi connectivity index (χ1) is 9.75. The predicted molar refractivity (Wildman–Crippen MR) is 81.8 cm³/mol. The average molecular weight is 272 g/mol. The van der Waals surface area contributed by atoms with Gasteiger partial charge in [0.2, 0.25) is 5.91 Å². The smallest absolute Gasteiger partial charge is 0.245 e. The lowest BCUT2D eigenvalue weighted by Gasteiger charge is -2.35. The Kier molecular flexibility index (Phi) is 3.95. The second kappa shape index (κ2) is 5.86. The van der Waals surface area contributed by atoms with Crippen molar-refractivity contribution in [3.63, 3.8) is 0 Å². The van der Waals surface area contributed by atoms with Gasteiger partial charge in [-0.15, -0.1) is 0 Å².